The van der Waals surface area contributed by atoms with Gasteiger partial charge in [0.25, 0.3) is 0 Å². The molecule has 0 spiro atoms. The smallest absolute Gasteiger partial charge is 0.0681 e. The van der Waals surface area contributed by atoms with Gasteiger partial charge in [-0.2, -0.15) is 0 Å². The molecule has 0 saturated heterocycles. The number of thiophene rings is 1. The van der Waals surface area contributed by atoms with Crippen LogP contribution >= 0.6 is 11.3 Å². The van der Waals surface area contributed by atoms with Gasteiger partial charge < -0.3 is 10.4 Å². The number of hydrogen-bond donors (Lipinski definition) is 2. The van der Waals surface area contributed by atoms with Gasteiger partial charge in [-0.3, -0.25) is 0 Å². The Morgan fingerprint density at radius 2 is 1.71 bits per heavy atom. The Morgan fingerprint density at radius 1 is 1.00 bits per heavy atom. The van der Waals surface area contributed by atoms with E-state index in [-0.39, 0.29) is 6.61 Å². The molecule has 0 atom stereocenters. The van der Waals surface area contributed by atoms with Crippen molar-refractivity contribution in [3.05, 3.63) is 57.3 Å². The first kappa shape index (κ1) is 12.3. The van der Waals surface area contributed by atoms with E-state index < -0.39 is 0 Å². The summed E-state index contributed by atoms with van der Waals surface area (Å²) in [6.07, 6.45) is 0. The van der Waals surface area contributed by atoms with Gasteiger partial charge in [0.15, 0.2) is 0 Å². The second-order valence-corrected chi connectivity index (χ2v) is 5.46. The number of aliphatic hydroxyl groups excluding tert-OH is 1. The Bertz CT molecular complexity index is 461. The van der Waals surface area contributed by atoms with Crippen LogP contribution in [0.3, 0.4) is 0 Å². The van der Waals surface area contributed by atoms with Gasteiger partial charge in [0.2, 0.25) is 0 Å². The van der Waals surface area contributed by atoms with Crippen molar-refractivity contribution >= 4 is 11.3 Å². The number of aryl methyl sites for hydroxylation is 1. The average molecular weight is 247 g/mol. The number of hydrogen-bond acceptors (Lipinski definition) is 3. The van der Waals surface area contributed by atoms with E-state index in [1.165, 1.54) is 15.3 Å². The first-order chi connectivity index (χ1) is 8.28. The van der Waals surface area contributed by atoms with E-state index in [2.05, 4.69) is 36.5 Å². The Hall–Kier alpha value is -1.16. The van der Waals surface area contributed by atoms with E-state index in [0.29, 0.717) is 0 Å². The number of nitrogens with one attached hydrogen (secondary N) is 1. The third-order valence-corrected chi connectivity index (χ3v) is 3.63. The van der Waals surface area contributed by atoms with Gasteiger partial charge in [0, 0.05) is 22.8 Å². The summed E-state index contributed by atoms with van der Waals surface area (Å²) in [6, 6.07) is 12.4. The number of aliphatic hydroxyl groups is 1. The molecule has 0 radical (unpaired) electrons. The van der Waals surface area contributed by atoms with Gasteiger partial charge in [-0.1, -0.05) is 24.3 Å². The highest BCUT2D eigenvalue weighted by atomic mass is 32.1. The zero-order chi connectivity index (χ0) is 12.1. The van der Waals surface area contributed by atoms with Crippen LogP contribution in [-0.4, -0.2) is 5.11 Å². The lowest BCUT2D eigenvalue weighted by Crippen LogP contribution is -2.11. The lowest BCUT2D eigenvalue weighted by Gasteiger charge is -2.04. The number of rotatable bonds is 5. The third kappa shape index (κ3) is 3.66. The minimum absolute atomic E-state index is 0.113. The molecule has 0 aliphatic rings. The average Bonchev–Trinajstić information content (AvgIpc) is 2.76. The fourth-order valence-corrected chi connectivity index (χ4v) is 2.53. The van der Waals surface area contributed by atoms with Crippen LogP contribution < -0.4 is 5.32 Å². The van der Waals surface area contributed by atoms with Gasteiger partial charge in [0.05, 0.1) is 6.61 Å². The quantitative estimate of drug-likeness (QED) is 0.851. The highest BCUT2D eigenvalue weighted by molar-refractivity contribution is 7.11. The summed E-state index contributed by atoms with van der Waals surface area (Å²) in [5, 5.41) is 12.4. The van der Waals surface area contributed by atoms with Crippen molar-refractivity contribution in [1.82, 2.24) is 5.32 Å². The van der Waals surface area contributed by atoms with Crippen molar-refractivity contribution in [2.75, 3.05) is 0 Å². The molecule has 0 aliphatic carbocycles. The molecule has 0 saturated carbocycles. The van der Waals surface area contributed by atoms with Crippen molar-refractivity contribution in [3.63, 3.8) is 0 Å². The predicted molar refractivity (Wildman–Crippen MR) is 72.0 cm³/mol. The molecule has 2 rings (SSSR count). The molecule has 2 nitrogen and oxygen atoms in total. The van der Waals surface area contributed by atoms with Crippen molar-refractivity contribution in [3.8, 4) is 0 Å². The number of benzene rings is 1. The van der Waals surface area contributed by atoms with E-state index in [9.17, 15) is 0 Å². The Labute approximate surface area is 106 Å². The van der Waals surface area contributed by atoms with E-state index in [1.54, 1.807) is 0 Å². The Kier molecular flexibility index (Phi) is 4.31. The molecule has 90 valence electrons. The lowest BCUT2D eigenvalue weighted by molar-refractivity contribution is 0.282. The third-order valence-electron chi connectivity index (χ3n) is 2.63. The maximum atomic E-state index is 8.94. The fraction of sp³-hybridized carbons (Fsp3) is 0.286. The summed E-state index contributed by atoms with van der Waals surface area (Å²) in [6.45, 7) is 4.02. The van der Waals surface area contributed by atoms with Crippen LogP contribution in [-0.2, 0) is 19.7 Å². The highest BCUT2D eigenvalue weighted by Crippen LogP contribution is 2.14. The van der Waals surface area contributed by atoms with Crippen LogP contribution in [0.4, 0.5) is 0 Å². The molecule has 1 aromatic heterocycles. The summed E-state index contributed by atoms with van der Waals surface area (Å²) in [7, 11) is 0. The first-order valence-electron chi connectivity index (χ1n) is 5.72. The monoisotopic (exact) mass is 247 g/mol. The van der Waals surface area contributed by atoms with Gasteiger partial charge >= 0.3 is 0 Å². The van der Waals surface area contributed by atoms with Crippen molar-refractivity contribution in [2.45, 2.75) is 26.6 Å². The molecular formula is C14H17NOS. The molecule has 0 amide bonds. The first-order valence-corrected chi connectivity index (χ1v) is 6.54. The second kappa shape index (κ2) is 5.96. The van der Waals surface area contributed by atoms with Crippen LogP contribution in [0.15, 0.2) is 36.4 Å². The standard InChI is InChI=1S/C14H17NOS/c1-11-2-7-14(17-11)9-15-8-12-3-5-13(10-16)6-4-12/h2-7,15-16H,8-10H2,1H3. The van der Waals surface area contributed by atoms with E-state index in [4.69, 9.17) is 5.11 Å². The molecule has 0 aliphatic heterocycles. The summed E-state index contributed by atoms with van der Waals surface area (Å²) in [4.78, 5) is 2.73. The molecule has 3 heteroatoms. The Balaban J connectivity index is 1.81. The lowest BCUT2D eigenvalue weighted by atomic mass is 10.1. The topological polar surface area (TPSA) is 32.3 Å². The SMILES string of the molecule is Cc1ccc(CNCc2ccc(CO)cc2)s1. The minimum atomic E-state index is 0.113. The molecular weight excluding hydrogens is 230 g/mol. The normalized spacial score (nSPS) is 10.7. The molecule has 1 heterocycles. The van der Waals surface area contributed by atoms with Gasteiger partial charge in [-0.25, -0.2) is 0 Å². The van der Waals surface area contributed by atoms with Crippen molar-refractivity contribution in [1.29, 1.82) is 0 Å². The summed E-state index contributed by atoms with van der Waals surface area (Å²) < 4.78 is 0. The van der Waals surface area contributed by atoms with Gasteiger partial charge in [-0.15, -0.1) is 11.3 Å². The molecule has 0 unspecified atom stereocenters. The van der Waals surface area contributed by atoms with Gasteiger partial charge in [0.1, 0.15) is 0 Å². The van der Waals surface area contributed by atoms with Crippen LogP contribution in [0.5, 0.6) is 0 Å². The maximum absolute atomic E-state index is 8.94. The van der Waals surface area contributed by atoms with Crippen molar-refractivity contribution < 1.29 is 5.11 Å². The highest BCUT2D eigenvalue weighted by Gasteiger charge is 1.97. The van der Waals surface area contributed by atoms with E-state index in [1.807, 2.05) is 23.5 Å². The zero-order valence-corrected chi connectivity index (χ0v) is 10.8. The van der Waals surface area contributed by atoms with E-state index in [0.717, 1.165) is 18.7 Å². The predicted octanol–water partition coefficient (Wildman–Crippen LogP) is 2.84. The van der Waals surface area contributed by atoms with Crippen LogP contribution in [0.25, 0.3) is 0 Å². The van der Waals surface area contributed by atoms with Gasteiger partial charge in [-0.05, 0) is 30.2 Å². The molecule has 0 bridgehead atoms. The largest absolute Gasteiger partial charge is 0.392 e. The maximum Gasteiger partial charge on any atom is 0.0681 e. The zero-order valence-electron chi connectivity index (χ0n) is 9.94. The minimum Gasteiger partial charge on any atom is -0.392 e. The Morgan fingerprint density at radius 3 is 2.29 bits per heavy atom. The van der Waals surface area contributed by atoms with E-state index >= 15 is 0 Å². The second-order valence-electron chi connectivity index (χ2n) is 4.09. The summed E-state index contributed by atoms with van der Waals surface area (Å²) in [5.74, 6) is 0. The molecule has 0 fully saturated rings. The molecule has 17 heavy (non-hydrogen) atoms. The van der Waals surface area contributed by atoms with Crippen LogP contribution in [0.2, 0.25) is 0 Å². The van der Waals surface area contributed by atoms with Crippen molar-refractivity contribution in [2.24, 2.45) is 0 Å². The summed E-state index contributed by atoms with van der Waals surface area (Å²) >= 11 is 1.83. The summed E-state index contributed by atoms with van der Waals surface area (Å²) in [5.41, 5.74) is 2.21. The molecule has 1 aromatic carbocycles. The molecule has 2 N–H and O–H groups in total. The molecule has 2 aromatic rings. The van der Waals surface area contributed by atoms with Crippen LogP contribution in [0, 0.1) is 6.92 Å². The fourth-order valence-electron chi connectivity index (χ4n) is 1.67. The van der Waals surface area contributed by atoms with Crippen LogP contribution in [0.1, 0.15) is 20.9 Å².